The number of rotatable bonds is 7. The van der Waals surface area contributed by atoms with Gasteiger partial charge in [0.05, 0.1) is 25.2 Å². The number of carbonyl (C=O) groups is 4. The fraction of sp³-hybridized carbons (Fsp3) is 0.500. The van der Waals surface area contributed by atoms with E-state index in [4.69, 9.17) is 9.47 Å². The van der Waals surface area contributed by atoms with E-state index in [0.29, 0.717) is 0 Å². The minimum absolute atomic E-state index is 0.00125. The first-order chi connectivity index (χ1) is 13.4. The van der Waals surface area contributed by atoms with Crippen LogP contribution in [0.3, 0.4) is 0 Å². The lowest BCUT2D eigenvalue weighted by Gasteiger charge is -2.24. The predicted molar refractivity (Wildman–Crippen MR) is 100 cm³/mol. The number of nitrogens with one attached hydrogen (secondary N) is 2. The standard InChI is InChI=1S/C20H26N2O6/c1-13(2)17(22-20(26)28-11-14-6-4-3-5-7-14)16(23)10-15-12-27-9-8-21-19(25)18(15)24/h3-7,13,15,17H,8-12H2,1-2H3,(H,21,25)(H,22,26). The Hall–Kier alpha value is -2.74. The summed E-state index contributed by atoms with van der Waals surface area (Å²) in [5.74, 6) is -2.81. The van der Waals surface area contributed by atoms with Gasteiger partial charge in [0.2, 0.25) is 5.78 Å². The van der Waals surface area contributed by atoms with E-state index >= 15 is 0 Å². The average Bonchev–Trinajstić information content (AvgIpc) is 2.68. The summed E-state index contributed by atoms with van der Waals surface area (Å²) in [7, 11) is 0. The Morgan fingerprint density at radius 1 is 1.25 bits per heavy atom. The number of hydrogen-bond donors (Lipinski definition) is 2. The number of alkyl carbamates (subject to hydrolysis) is 1. The Bertz CT molecular complexity index is 704. The van der Waals surface area contributed by atoms with Crippen LogP contribution < -0.4 is 10.6 Å². The van der Waals surface area contributed by atoms with E-state index in [1.54, 1.807) is 13.8 Å². The van der Waals surface area contributed by atoms with Crippen LogP contribution in [0.2, 0.25) is 0 Å². The summed E-state index contributed by atoms with van der Waals surface area (Å²) >= 11 is 0. The number of ketones is 2. The highest BCUT2D eigenvalue weighted by atomic mass is 16.5. The number of carbonyl (C=O) groups excluding carboxylic acids is 4. The third kappa shape index (κ3) is 6.45. The van der Waals surface area contributed by atoms with Crippen LogP contribution in [0.25, 0.3) is 0 Å². The molecule has 0 aliphatic carbocycles. The van der Waals surface area contributed by atoms with Crippen molar-refractivity contribution in [3.63, 3.8) is 0 Å². The van der Waals surface area contributed by atoms with Crippen molar-refractivity contribution in [2.45, 2.75) is 32.9 Å². The molecule has 1 aliphatic rings. The summed E-state index contributed by atoms with van der Waals surface area (Å²) in [6.45, 7) is 4.19. The van der Waals surface area contributed by atoms with Gasteiger partial charge in [0.25, 0.3) is 5.91 Å². The quantitative estimate of drug-likeness (QED) is 0.678. The van der Waals surface area contributed by atoms with Crippen molar-refractivity contribution < 1.29 is 28.7 Å². The van der Waals surface area contributed by atoms with Crippen molar-refractivity contribution in [2.75, 3.05) is 19.8 Å². The van der Waals surface area contributed by atoms with E-state index in [-0.39, 0.29) is 44.5 Å². The topological polar surface area (TPSA) is 111 Å². The maximum atomic E-state index is 12.7. The minimum atomic E-state index is -0.865. The van der Waals surface area contributed by atoms with Crippen LogP contribution >= 0.6 is 0 Å². The Morgan fingerprint density at radius 2 is 1.96 bits per heavy atom. The smallest absolute Gasteiger partial charge is 0.408 e. The molecule has 1 aliphatic heterocycles. The van der Waals surface area contributed by atoms with Gasteiger partial charge in [0, 0.05) is 13.0 Å². The molecule has 2 atom stereocenters. The van der Waals surface area contributed by atoms with Crippen LogP contribution in [0.15, 0.2) is 30.3 Å². The number of benzene rings is 1. The molecule has 8 nitrogen and oxygen atoms in total. The molecule has 1 heterocycles. The zero-order valence-electron chi connectivity index (χ0n) is 16.1. The molecule has 1 fully saturated rings. The number of amides is 2. The van der Waals surface area contributed by atoms with E-state index < -0.39 is 29.7 Å². The fourth-order valence-electron chi connectivity index (χ4n) is 2.84. The molecular formula is C20H26N2O6. The number of ether oxygens (including phenoxy) is 2. The van der Waals surface area contributed by atoms with E-state index in [1.807, 2.05) is 30.3 Å². The summed E-state index contributed by atoms with van der Waals surface area (Å²) in [6.07, 6.45) is -0.900. The van der Waals surface area contributed by atoms with Crippen LogP contribution in [-0.4, -0.2) is 49.4 Å². The molecule has 0 aromatic heterocycles. The molecule has 2 rings (SSSR count). The summed E-state index contributed by atoms with van der Waals surface area (Å²) in [6, 6.07) is 8.35. The van der Waals surface area contributed by atoms with Crippen molar-refractivity contribution in [1.29, 1.82) is 0 Å². The van der Waals surface area contributed by atoms with Gasteiger partial charge in [0.1, 0.15) is 6.61 Å². The first kappa shape index (κ1) is 21.6. The molecule has 152 valence electrons. The first-order valence-electron chi connectivity index (χ1n) is 9.28. The van der Waals surface area contributed by atoms with Gasteiger partial charge in [-0.15, -0.1) is 0 Å². The fourth-order valence-corrected chi connectivity index (χ4v) is 2.84. The molecule has 0 radical (unpaired) electrons. The van der Waals surface area contributed by atoms with Gasteiger partial charge in [-0.05, 0) is 11.5 Å². The highest BCUT2D eigenvalue weighted by molar-refractivity contribution is 6.37. The maximum Gasteiger partial charge on any atom is 0.408 e. The normalized spacial score (nSPS) is 18.6. The van der Waals surface area contributed by atoms with Gasteiger partial charge in [0.15, 0.2) is 5.78 Å². The van der Waals surface area contributed by atoms with Crippen LogP contribution in [0.4, 0.5) is 4.79 Å². The molecule has 8 heteroatoms. The Morgan fingerprint density at radius 3 is 2.64 bits per heavy atom. The lowest BCUT2D eigenvalue weighted by atomic mass is 9.90. The molecule has 2 unspecified atom stereocenters. The Labute approximate surface area is 164 Å². The lowest BCUT2D eigenvalue weighted by Crippen LogP contribution is -2.47. The Balaban J connectivity index is 1.93. The van der Waals surface area contributed by atoms with Crippen molar-refractivity contribution in [2.24, 2.45) is 11.8 Å². The summed E-state index contributed by atoms with van der Waals surface area (Å²) in [4.78, 5) is 48.7. The van der Waals surface area contributed by atoms with Crippen LogP contribution in [0.5, 0.6) is 0 Å². The SMILES string of the molecule is CC(C)C(NC(=O)OCc1ccccc1)C(=O)CC1COCCNC(=O)C1=O. The van der Waals surface area contributed by atoms with Crippen molar-refractivity contribution in [3.05, 3.63) is 35.9 Å². The van der Waals surface area contributed by atoms with Crippen LogP contribution in [0.1, 0.15) is 25.8 Å². The summed E-state index contributed by atoms with van der Waals surface area (Å²) in [5, 5.41) is 5.01. The maximum absolute atomic E-state index is 12.7. The minimum Gasteiger partial charge on any atom is -0.445 e. The molecule has 1 saturated heterocycles. The second kappa shape index (κ2) is 10.6. The van der Waals surface area contributed by atoms with E-state index in [2.05, 4.69) is 10.6 Å². The highest BCUT2D eigenvalue weighted by Crippen LogP contribution is 2.14. The number of hydrogen-bond acceptors (Lipinski definition) is 6. The van der Waals surface area contributed by atoms with Gasteiger partial charge < -0.3 is 20.1 Å². The largest absolute Gasteiger partial charge is 0.445 e. The molecule has 28 heavy (non-hydrogen) atoms. The lowest BCUT2D eigenvalue weighted by molar-refractivity contribution is -0.144. The van der Waals surface area contributed by atoms with Crippen LogP contribution in [0, 0.1) is 11.8 Å². The monoisotopic (exact) mass is 390 g/mol. The molecule has 0 spiro atoms. The van der Waals surface area contributed by atoms with Crippen molar-refractivity contribution >= 4 is 23.6 Å². The molecule has 1 aromatic carbocycles. The Kier molecular flexibility index (Phi) is 8.13. The second-order valence-electron chi connectivity index (χ2n) is 6.99. The summed E-state index contributed by atoms with van der Waals surface area (Å²) in [5.41, 5.74) is 0.827. The van der Waals surface area contributed by atoms with Gasteiger partial charge in [-0.1, -0.05) is 44.2 Å². The van der Waals surface area contributed by atoms with Crippen LogP contribution in [-0.2, 0) is 30.5 Å². The van der Waals surface area contributed by atoms with E-state index in [0.717, 1.165) is 5.56 Å². The van der Waals surface area contributed by atoms with Crippen molar-refractivity contribution in [1.82, 2.24) is 10.6 Å². The first-order valence-corrected chi connectivity index (χ1v) is 9.28. The molecular weight excluding hydrogens is 364 g/mol. The second-order valence-corrected chi connectivity index (χ2v) is 6.99. The number of Topliss-reactive ketones (excluding diaryl/α,β-unsaturated/α-hetero) is 2. The third-order valence-electron chi connectivity index (χ3n) is 4.39. The average molecular weight is 390 g/mol. The molecule has 0 bridgehead atoms. The van der Waals surface area contributed by atoms with Gasteiger partial charge in [-0.2, -0.15) is 0 Å². The zero-order valence-corrected chi connectivity index (χ0v) is 16.1. The highest BCUT2D eigenvalue weighted by Gasteiger charge is 2.33. The van der Waals surface area contributed by atoms with Gasteiger partial charge in [-0.3, -0.25) is 14.4 Å². The van der Waals surface area contributed by atoms with Crippen molar-refractivity contribution in [3.8, 4) is 0 Å². The molecule has 2 amide bonds. The molecule has 0 saturated carbocycles. The van der Waals surface area contributed by atoms with Gasteiger partial charge in [-0.25, -0.2) is 4.79 Å². The predicted octanol–water partition coefficient (Wildman–Crippen LogP) is 1.23. The van der Waals surface area contributed by atoms with E-state index in [1.165, 1.54) is 0 Å². The molecule has 2 N–H and O–H groups in total. The molecule has 1 aromatic rings. The van der Waals surface area contributed by atoms with E-state index in [9.17, 15) is 19.2 Å². The summed E-state index contributed by atoms with van der Waals surface area (Å²) < 4.78 is 10.5. The third-order valence-corrected chi connectivity index (χ3v) is 4.39. The van der Waals surface area contributed by atoms with Gasteiger partial charge >= 0.3 is 6.09 Å². The zero-order chi connectivity index (χ0) is 20.5.